The van der Waals surface area contributed by atoms with Gasteiger partial charge in [-0.3, -0.25) is 0 Å². The average molecular weight is 361 g/mol. The number of aliphatic hydroxyl groups is 1. The second-order valence-corrected chi connectivity index (χ2v) is 5.66. The highest BCUT2D eigenvalue weighted by Crippen LogP contribution is 2.27. The third kappa shape index (κ3) is 5.56. The second kappa shape index (κ2) is 9.53. The van der Waals surface area contributed by atoms with Crippen LogP contribution in [-0.2, 0) is 17.8 Å². The highest BCUT2D eigenvalue weighted by Gasteiger charge is 2.14. The molecule has 2 rings (SSSR count). The maximum Gasteiger partial charge on any atom is 0.407 e. The normalized spacial score (nSPS) is 11.5. The third-order valence-corrected chi connectivity index (χ3v) is 3.78. The van der Waals surface area contributed by atoms with Gasteiger partial charge in [0.05, 0.1) is 26.9 Å². The zero-order chi connectivity index (χ0) is 18.9. The summed E-state index contributed by atoms with van der Waals surface area (Å²) in [7, 11) is 3.08. The number of benzene rings is 2. The number of aromatic hydroxyl groups is 1. The first kappa shape index (κ1) is 19.4. The van der Waals surface area contributed by atoms with Gasteiger partial charge in [0.15, 0.2) is 11.5 Å². The maximum atomic E-state index is 12.0. The summed E-state index contributed by atoms with van der Waals surface area (Å²) in [5, 5.41) is 21.4. The quantitative estimate of drug-likeness (QED) is 0.667. The lowest BCUT2D eigenvalue weighted by Gasteiger charge is -2.16. The molecule has 2 aromatic rings. The van der Waals surface area contributed by atoms with Crippen LogP contribution in [0, 0.1) is 0 Å². The number of phenolic OH excluding ortho intramolecular Hbond substituents is 1. The lowest BCUT2D eigenvalue weighted by atomic mass is 10.1. The van der Waals surface area contributed by atoms with E-state index in [2.05, 4.69) is 5.32 Å². The first-order valence-electron chi connectivity index (χ1n) is 8.08. The number of rotatable bonds is 8. The fraction of sp³-hybridized carbons (Fsp3) is 0.316. The van der Waals surface area contributed by atoms with Crippen LogP contribution in [0.3, 0.4) is 0 Å². The standard InChI is InChI=1S/C19H23NO6/c1-24-17-8-5-14(10-18(17)25-2)12-26-19(23)20-15(11-21)9-13-3-6-16(22)7-4-13/h3-8,10,15,21-22H,9,11-12H2,1-2H3,(H,20,23)/t15-/m0/s1. The summed E-state index contributed by atoms with van der Waals surface area (Å²) in [6, 6.07) is 11.3. The molecule has 0 saturated carbocycles. The van der Waals surface area contributed by atoms with Crippen LogP contribution in [0.1, 0.15) is 11.1 Å². The molecule has 140 valence electrons. The van der Waals surface area contributed by atoms with E-state index in [1.165, 1.54) is 7.11 Å². The lowest BCUT2D eigenvalue weighted by Crippen LogP contribution is -2.39. The van der Waals surface area contributed by atoms with Crippen LogP contribution in [0.2, 0.25) is 0 Å². The van der Waals surface area contributed by atoms with Crippen molar-refractivity contribution in [3.63, 3.8) is 0 Å². The number of methoxy groups -OCH3 is 2. The number of alkyl carbamates (subject to hydrolysis) is 1. The molecule has 2 aromatic carbocycles. The minimum atomic E-state index is -0.627. The Bertz CT molecular complexity index is 716. The van der Waals surface area contributed by atoms with Crippen molar-refractivity contribution in [2.75, 3.05) is 20.8 Å². The highest BCUT2D eigenvalue weighted by molar-refractivity contribution is 5.67. The van der Waals surface area contributed by atoms with E-state index in [0.29, 0.717) is 17.9 Å². The van der Waals surface area contributed by atoms with Gasteiger partial charge in [-0.05, 0) is 41.8 Å². The number of ether oxygens (including phenoxy) is 3. The number of amides is 1. The Morgan fingerprint density at radius 3 is 2.31 bits per heavy atom. The molecule has 0 bridgehead atoms. The van der Waals surface area contributed by atoms with Crippen LogP contribution in [0.4, 0.5) is 4.79 Å². The first-order chi connectivity index (χ1) is 12.5. The van der Waals surface area contributed by atoms with Crippen molar-refractivity contribution < 1.29 is 29.2 Å². The van der Waals surface area contributed by atoms with E-state index in [0.717, 1.165) is 11.1 Å². The number of carbonyl (C=O) groups is 1. The smallest absolute Gasteiger partial charge is 0.407 e. The van der Waals surface area contributed by atoms with Crippen molar-refractivity contribution in [1.82, 2.24) is 5.32 Å². The molecule has 0 radical (unpaired) electrons. The number of nitrogens with one attached hydrogen (secondary N) is 1. The van der Waals surface area contributed by atoms with Crippen molar-refractivity contribution in [3.8, 4) is 17.2 Å². The van der Waals surface area contributed by atoms with Crippen LogP contribution in [0.15, 0.2) is 42.5 Å². The van der Waals surface area contributed by atoms with Gasteiger partial charge in [0.25, 0.3) is 0 Å². The number of hydrogen-bond acceptors (Lipinski definition) is 6. The predicted molar refractivity (Wildman–Crippen MR) is 95.6 cm³/mol. The molecule has 1 atom stereocenters. The van der Waals surface area contributed by atoms with E-state index in [1.807, 2.05) is 0 Å². The summed E-state index contributed by atoms with van der Waals surface area (Å²) in [6.45, 7) is -0.171. The van der Waals surface area contributed by atoms with Crippen LogP contribution >= 0.6 is 0 Å². The van der Waals surface area contributed by atoms with Gasteiger partial charge in [-0.25, -0.2) is 4.79 Å². The molecule has 0 heterocycles. The van der Waals surface area contributed by atoms with Gasteiger partial charge in [0, 0.05) is 0 Å². The number of phenols is 1. The van der Waals surface area contributed by atoms with Gasteiger partial charge < -0.3 is 29.7 Å². The van der Waals surface area contributed by atoms with E-state index in [-0.39, 0.29) is 19.0 Å². The average Bonchev–Trinajstić information content (AvgIpc) is 2.67. The van der Waals surface area contributed by atoms with Gasteiger partial charge >= 0.3 is 6.09 Å². The molecule has 7 heteroatoms. The van der Waals surface area contributed by atoms with Crippen molar-refractivity contribution >= 4 is 6.09 Å². The monoisotopic (exact) mass is 361 g/mol. The molecule has 0 unspecified atom stereocenters. The maximum absolute atomic E-state index is 12.0. The molecule has 0 aliphatic heterocycles. The van der Waals surface area contributed by atoms with Crippen molar-refractivity contribution in [2.24, 2.45) is 0 Å². The molecule has 7 nitrogen and oxygen atoms in total. The van der Waals surface area contributed by atoms with Crippen LogP contribution in [0.5, 0.6) is 17.2 Å². The van der Waals surface area contributed by atoms with Gasteiger partial charge in [-0.2, -0.15) is 0 Å². The largest absolute Gasteiger partial charge is 0.508 e. The Hall–Kier alpha value is -2.93. The summed E-state index contributed by atoms with van der Waals surface area (Å²) in [5.74, 6) is 1.31. The summed E-state index contributed by atoms with van der Waals surface area (Å²) in [5.41, 5.74) is 1.62. The topological polar surface area (TPSA) is 97.3 Å². The first-order valence-corrected chi connectivity index (χ1v) is 8.08. The zero-order valence-electron chi connectivity index (χ0n) is 14.8. The van der Waals surface area contributed by atoms with E-state index >= 15 is 0 Å². The SMILES string of the molecule is COc1ccc(COC(=O)N[C@H](CO)Cc2ccc(O)cc2)cc1OC. The predicted octanol–water partition coefficient (Wildman–Crippen LogP) is 2.24. The van der Waals surface area contributed by atoms with Crippen molar-refractivity contribution in [3.05, 3.63) is 53.6 Å². The van der Waals surface area contributed by atoms with Crippen LogP contribution in [0.25, 0.3) is 0 Å². The van der Waals surface area contributed by atoms with E-state index in [1.54, 1.807) is 49.6 Å². The number of carbonyl (C=O) groups excluding carboxylic acids is 1. The van der Waals surface area contributed by atoms with E-state index in [4.69, 9.17) is 14.2 Å². The Kier molecular flexibility index (Phi) is 7.11. The summed E-state index contributed by atoms with van der Waals surface area (Å²) in [6.07, 6.45) is -0.208. The van der Waals surface area contributed by atoms with Gasteiger partial charge in [0.1, 0.15) is 12.4 Å². The fourth-order valence-electron chi connectivity index (χ4n) is 2.41. The molecular formula is C19H23NO6. The number of hydrogen-bond donors (Lipinski definition) is 3. The molecule has 0 saturated heterocycles. The fourth-order valence-corrected chi connectivity index (χ4v) is 2.41. The molecule has 26 heavy (non-hydrogen) atoms. The van der Waals surface area contributed by atoms with Gasteiger partial charge in [-0.1, -0.05) is 18.2 Å². The van der Waals surface area contributed by atoms with Gasteiger partial charge in [0.2, 0.25) is 0 Å². The molecule has 0 aliphatic carbocycles. The highest BCUT2D eigenvalue weighted by atomic mass is 16.5. The number of aliphatic hydroxyl groups excluding tert-OH is 1. The van der Waals surface area contributed by atoms with Crippen molar-refractivity contribution in [1.29, 1.82) is 0 Å². The molecule has 0 aromatic heterocycles. The van der Waals surface area contributed by atoms with Gasteiger partial charge in [-0.15, -0.1) is 0 Å². The minimum absolute atomic E-state index is 0.0591. The van der Waals surface area contributed by atoms with E-state index in [9.17, 15) is 15.0 Å². The molecule has 0 fully saturated rings. The Balaban J connectivity index is 1.87. The van der Waals surface area contributed by atoms with Crippen molar-refractivity contribution in [2.45, 2.75) is 19.1 Å². The summed E-state index contributed by atoms with van der Waals surface area (Å²) < 4.78 is 15.6. The molecule has 1 amide bonds. The second-order valence-electron chi connectivity index (χ2n) is 5.66. The minimum Gasteiger partial charge on any atom is -0.508 e. The van der Waals surface area contributed by atoms with Crippen LogP contribution < -0.4 is 14.8 Å². The molecule has 3 N–H and O–H groups in total. The third-order valence-electron chi connectivity index (χ3n) is 3.78. The summed E-state index contributed by atoms with van der Waals surface area (Å²) >= 11 is 0. The Labute approximate surface area is 152 Å². The molecule has 0 spiro atoms. The zero-order valence-corrected chi connectivity index (χ0v) is 14.8. The lowest BCUT2D eigenvalue weighted by molar-refractivity contribution is 0.129. The van der Waals surface area contributed by atoms with E-state index < -0.39 is 12.1 Å². The summed E-state index contributed by atoms with van der Waals surface area (Å²) in [4.78, 5) is 12.0. The molecular weight excluding hydrogens is 338 g/mol. The molecule has 0 aliphatic rings. The Morgan fingerprint density at radius 1 is 1.04 bits per heavy atom. The Morgan fingerprint density at radius 2 is 1.69 bits per heavy atom. The van der Waals surface area contributed by atoms with Crippen LogP contribution in [-0.4, -0.2) is 43.2 Å².